The summed E-state index contributed by atoms with van der Waals surface area (Å²) in [5, 5.41) is 73.4. The Balaban J connectivity index is 4.98. The monoisotopic (exact) mass is 551 g/mol. The van der Waals surface area contributed by atoms with E-state index in [0.717, 1.165) is 0 Å². The van der Waals surface area contributed by atoms with Crippen molar-refractivity contribution >= 4 is 0 Å². The Labute approximate surface area is 215 Å². The van der Waals surface area contributed by atoms with Gasteiger partial charge in [0.25, 0.3) is 0 Å². The van der Waals surface area contributed by atoms with Crippen LogP contribution in [0.15, 0.2) is 0 Å². The largest absolute Gasteiger partial charge is 0.394 e. The molecule has 0 aliphatic heterocycles. The first kappa shape index (κ1) is 36.4. The summed E-state index contributed by atoms with van der Waals surface area (Å²) in [5.74, 6) is 5.36. The number of hydrogen-bond donors (Lipinski definition) is 9. The molecule has 16 nitrogen and oxygen atoms in total. The highest BCUT2D eigenvalue weighted by molar-refractivity contribution is 4.67. The smallest absolute Gasteiger partial charge is 0.125 e. The van der Waals surface area contributed by atoms with Gasteiger partial charge in [-0.1, -0.05) is 0 Å². The first-order valence-electron chi connectivity index (χ1n) is 11.9. The van der Waals surface area contributed by atoms with Crippen molar-refractivity contribution in [2.24, 2.45) is 5.90 Å². The van der Waals surface area contributed by atoms with Crippen molar-refractivity contribution in [2.45, 2.75) is 42.7 Å². The normalized spacial score (nSPS) is 12.6. The summed E-state index contributed by atoms with van der Waals surface area (Å²) in [5.41, 5.74) is 0. The molecule has 0 aromatic rings. The van der Waals surface area contributed by atoms with Gasteiger partial charge in [0.15, 0.2) is 0 Å². The molecule has 0 fully saturated rings. The van der Waals surface area contributed by atoms with E-state index in [2.05, 4.69) is 0 Å². The SMILES string of the molecule is NOC(COC(COC(CO)CO)COC(CO)CO)COC(COC(CO)CO)COC(CO)CO. The molecule has 0 atom stereocenters. The van der Waals surface area contributed by atoms with Crippen LogP contribution in [0.1, 0.15) is 0 Å². The van der Waals surface area contributed by atoms with E-state index in [4.69, 9.17) is 39.2 Å². The number of aliphatic hydroxyl groups is 8. The van der Waals surface area contributed by atoms with E-state index in [1.165, 1.54) is 0 Å². The molecule has 0 saturated heterocycles. The Hall–Kier alpha value is -0.640. The van der Waals surface area contributed by atoms with Crippen LogP contribution in [0.4, 0.5) is 0 Å². The fourth-order valence-electron chi connectivity index (χ4n) is 2.53. The van der Waals surface area contributed by atoms with Crippen molar-refractivity contribution in [3.05, 3.63) is 0 Å². The lowest BCUT2D eigenvalue weighted by Crippen LogP contribution is -2.39. The molecule has 10 N–H and O–H groups in total. The molecule has 0 saturated carbocycles. The molecule has 0 spiro atoms. The molecule has 0 aliphatic rings. The highest BCUT2D eigenvalue weighted by atomic mass is 16.7. The fourth-order valence-corrected chi connectivity index (χ4v) is 2.53. The lowest BCUT2D eigenvalue weighted by atomic mass is 10.3. The second-order valence-corrected chi connectivity index (χ2v) is 7.95. The number of rotatable bonds is 27. The zero-order valence-electron chi connectivity index (χ0n) is 21.0. The summed E-state index contributed by atoms with van der Waals surface area (Å²) in [7, 11) is 0. The van der Waals surface area contributed by atoms with Gasteiger partial charge < -0.3 is 69.3 Å². The zero-order chi connectivity index (χ0) is 27.9. The predicted molar refractivity (Wildman–Crippen MR) is 124 cm³/mol. The van der Waals surface area contributed by atoms with Crippen LogP contribution < -0.4 is 5.90 Å². The van der Waals surface area contributed by atoms with Crippen molar-refractivity contribution < 1.29 is 74.1 Å². The predicted octanol–water partition coefficient (Wildman–Crippen LogP) is -5.51. The van der Waals surface area contributed by atoms with Gasteiger partial charge in [-0.3, -0.25) is 4.84 Å². The lowest BCUT2D eigenvalue weighted by Gasteiger charge is -2.26. The Morgan fingerprint density at radius 1 is 0.324 bits per heavy atom. The maximum absolute atomic E-state index is 9.18. The molecular weight excluding hydrogens is 506 g/mol. The van der Waals surface area contributed by atoms with Crippen LogP contribution in [0.3, 0.4) is 0 Å². The molecule has 0 unspecified atom stereocenters. The molecule has 0 aromatic heterocycles. The van der Waals surface area contributed by atoms with E-state index in [1.54, 1.807) is 0 Å². The van der Waals surface area contributed by atoms with Gasteiger partial charge >= 0.3 is 0 Å². The number of nitrogens with two attached hydrogens (primary N) is 1. The molecule has 0 bridgehead atoms. The first-order valence-corrected chi connectivity index (χ1v) is 11.9. The van der Waals surface area contributed by atoms with Gasteiger partial charge in [0.2, 0.25) is 0 Å². The quantitative estimate of drug-likeness (QED) is 0.0432. The fraction of sp³-hybridized carbons (Fsp3) is 1.00. The molecule has 0 radical (unpaired) electrons. The average Bonchev–Trinajstić information content (AvgIpc) is 2.93. The van der Waals surface area contributed by atoms with Gasteiger partial charge in [-0.05, 0) is 0 Å². The average molecular weight is 552 g/mol. The Morgan fingerprint density at radius 2 is 0.514 bits per heavy atom. The van der Waals surface area contributed by atoms with Gasteiger partial charge in [-0.25, -0.2) is 5.90 Å². The van der Waals surface area contributed by atoms with Crippen LogP contribution >= 0.6 is 0 Å². The van der Waals surface area contributed by atoms with E-state index >= 15 is 0 Å². The highest BCUT2D eigenvalue weighted by Gasteiger charge is 2.22. The second-order valence-electron chi connectivity index (χ2n) is 7.95. The minimum absolute atomic E-state index is 0.106. The summed E-state index contributed by atoms with van der Waals surface area (Å²) in [4.78, 5) is 4.89. The molecule has 0 aliphatic carbocycles. The molecule has 0 heterocycles. The maximum Gasteiger partial charge on any atom is 0.125 e. The van der Waals surface area contributed by atoms with Crippen molar-refractivity contribution in [3.63, 3.8) is 0 Å². The van der Waals surface area contributed by atoms with Crippen LogP contribution in [0.2, 0.25) is 0 Å². The Kier molecular flexibility index (Phi) is 24.0. The summed E-state index contributed by atoms with van der Waals surface area (Å²) in [6.45, 7) is -4.05. The topological polar surface area (TPSA) is 252 Å². The standard InChI is InChI=1S/C21H45NO15/c22-37-21(13-35-19(9-31-15(1-23)2-24)10-32-16(3-25)4-26)14-36-20(11-33-17(5-27)6-28)12-34-18(7-29)8-30/h15-21,23-30H,1-14,22H2. The summed E-state index contributed by atoms with van der Waals surface area (Å²) >= 11 is 0. The van der Waals surface area contributed by atoms with Crippen LogP contribution in [0, 0.1) is 0 Å². The molecule has 0 rings (SSSR count). The Bertz CT molecular complexity index is 407. The van der Waals surface area contributed by atoms with Crippen molar-refractivity contribution in [2.75, 3.05) is 92.5 Å². The third-order valence-electron chi connectivity index (χ3n) is 4.93. The van der Waals surface area contributed by atoms with E-state index in [0.29, 0.717) is 0 Å². The van der Waals surface area contributed by atoms with Crippen molar-refractivity contribution in [1.29, 1.82) is 0 Å². The first-order chi connectivity index (χ1) is 17.9. The number of aliphatic hydroxyl groups excluding tert-OH is 8. The Morgan fingerprint density at radius 3 is 0.703 bits per heavy atom. The minimum atomic E-state index is -0.841. The van der Waals surface area contributed by atoms with Gasteiger partial charge in [-0.2, -0.15) is 0 Å². The summed E-state index contributed by atoms with van der Waals surface area (Å²) in [6, 6.07) is 0. The lowest BCUT2D eigenvalue weighted by molar-refractivity contribution is -0.154. The van der Waals surface area contributed by atoms with Gasteiger partial charge in [-0.15, -0.1) is 0 Å². The molecule has 0 aromatic carbocycles. The van der Waals surface area contributed by atoms with Gasteiger partial charge in [0.05, 0.1) is 92.5 Å². The molecule has 37 heavy (non-hydrogen) atoms. The van der Waals surface area contributed by atoms with E-state index in [9.17, 15) is 40.9 Å². The van der Waals surface area contributed by atoms with Crippen molar-refractivity contribution in [1.82, 2.24) is 0 Å². The van der Waals surface area contributed by atoms with E-state index in [-0.39, 0.29) is 39.6 Å². The molecule has 16 heteroatoms. The van der Waals surface area contributed by atoms with Gasteiger partial charge in [0.1, 0.15) is 42.7 Å². The van der Waals surface area contributed by atoms with Crippen molar-refractivity contribution in [3.8, 4) is 0 Å². The second kappa shape index (κ2) is 24.4. The van der Waals surface area contributed by atoms with E-state index < -0.39 is 95.6 Å². The van der Waals surface area contributed by atoms with Gasteiger partial charge in [0, 0.05) is 0 Å². The zero-order valence-corrected chi connectivity index (χ0v) is 21.0. The molecule has 0 amide bonds. The van der Waals surface area contributed by atoms with Crippen LogP contribution in [-0.4, -0.2) is 176 Å². The van der Waals surface area contributed by atoms with Crippen LogP contribution in [-0.2, 0) is 33.3 Å². The summed E-state index contributed by atoms with van der Waals surface area (Å²) < 4.78 is 32.9. The number of ether oxygens (including phenoxy) is 6. The molecular formula is C21H45NO15. The summed E-state index contributed by atoms with van der Waals surface area (Å²) in [6.07, 6.45) is -5.70. The maximum atomic E-state index is 9.18. The van der Waals surface area contributed by atoms with E-state index in [1.807, 2.05) is 0 Å². The third kappa shape index (κ3) is 17.5. The minimum Gasteiger partial charge on any atom is -0.394 e. The molecule has 224 valence electrons. The highest BCUT2D eigenvalue weighted by Crippen LogP contribution is 2.07. The van der Waals surface area contributed by atoms with Crippen LogP contribution in [0.25, 0.3) is 0 Å². The third-order valence-corrected chi connectivity index (χ3v) is 4.93. The number of hydrogen-bond acceptors (Lipinski definition) is 16. The van der Waals surface area contributed by atoms with Crippen LogP contribution in [0.5, 0.6) is 0 Å².